The first-order chi connectivity index (χ1) is 8.78. The number of rotatable bonds is 4. The minimum Gasteiger partial charge on any atom is -0.478 e. The standard InChI is InChI=1S/C14H12N2O2/c1-3-11(2)17-12-4-6-13(7-5-12)18-14-10-15-8-9-16-14/h1,4-11H,2H3. The molecule has 0 N–H and O–H groups in total. The Hall–Kier alpha value is -2.54. The van der Waals surface area contributed by atoms with Gasteiger partial charge in [0.1, 0.15) is 11.5 Å². The van der Waals surface area contributed by atoms with Crippen molar-refractivity contribution in [3.05, 3.63) is 42.9 Å². The monoisotopic (exact) mass is 240 g/mol. The first-order valence-corrected chi connectivity index (χ1v) is 5.44. The zero-order valence-electron chi connectivity index (χ0n) is 9.91. The van der Waals surface area contributed by atoms with Crippen LogP contribution in [0.3, 0.4) is 0 Å². The van der Waals surface area contributed by atoms with Crippen LogP contribution < -0.4 is 9.47 Å². The highest BCUT2D eigenvalue weighted by atomic mass is 16.5. The van der Waals surface area contributed by atoms with Crippen LogP contribution in [-0.4, -0.2) is 16.1 Å². The van der Waals surface area contributed by atoms with E-state index >= 15 is 0 Å². The maximum Gasteiger partial charge on any atom is 0.237 e. The third kappa shape index (κ3) is 3.22. The molecular formula is C14H12N2O2. The number of aromatic nitrogens is 2. The topological polar surface area (TPSA) is 44.2 Å². The minimum absolute atomic E-state index is 0.253. The lowest BCUT2D eigenvalue weighted by atomic mass is 10.3. The van der Waals surface area contributed by atoms with E-state index in [1.807, 2.05) is 6.92 Å². The van der Waals surface area contributed by atoms with Crippen LogP contribution in [-0.2, 0) is 0 Å². The van der Waals surface area contributed by atoms with E-state index in [4.69, 9.17) is 15.9 Å². The van der Waals surface area contributed by atoms with E-state index in [0.29, 0.717) is 17.4 Å². The average molecular weight is 240 g/mol. The number of benzene rings is 1. The molecule has 0 aliphatic carbocycles. The molecule has 90 valence electrons. The van der Waals surface area contributed by atoms with Crippen LogP contribution in [0.4, 0.5) is 0 Å². The van der Waals surface area contributed by atoms with Crippen LogP contribution in [0.2, 0.25) is 0 Å². The highest BCUT2D eigenvalue weighted by Gasteiger charge is 2.01. The van der Waals surface area contributed by atoms with Gasteiger partial charge in [0.15, 0.2) is 6.10 Å². The third-order valence-corrected chi connectivity index (χ3v) is 2.13. The fourth-order valence-corrected chi connectivity index (χ4v) is 1.28. The van der Waals surface area contributed by atoms with Gasteiger partial charge in [-0.1, -0.05) is 5.92 Å². The molecule has 2 rings (SSSR count). The largest absolute Gasteiger partial charge is 0.478 e. The third-order valence-electron chi connectivity index (χ3n) is 2.13. The molecule has 1 aromatic heterocycles. The molecule has 0 radical (unpaired) electrons. The molecule has 0 amide bonds. The molecule has 0 saturated carbocycles. The summed E-state index contributed by atoms with van der Waals surface area (Å²) in [6, 6.07) is 7.15. The molecule has 1 unspecified atom stereocenters. The van der Waals surface area contributed by atoms with Crippen LogP contribution in [0.25, 0.3) is 0 Å². The van der Waals surface area contributed by atoms with Gasteiger partial charge in [-0.3, -0.25) is 4.98 Å². The Balaban J connectivity index is 2.02. The van der Waals surface area contributed by atoms with Gasteiger partial charge in [0.05, 0.1) is 6.20 Å². The number of terminal acetylenes is 1. The van der Waals surface area contributed by atoms with E-state index in [0.717, 1.165) is 0 Å². The fraction of sp³-hybridized carbons (Fsp3) is 0.143. The highest BCUT2D eigenvalue weighted by Crippen LogP contribution is 2.22. The van der Waals surface area contributed by atoms with E-state index in [1.54, 1.807) is 42.9 Å². The summed E-state index contributed by atoms with van der Waals surface area (Å²) in [4.78, 5) is 7.93. The molecule has 0 aliphatic heterocycles. The molecule has 0 bridgehead atoms. The molecule has 0 fully saturated rings. The lowest BCUT2D eigenvalue weighted by Gasteiger charge is -2.09. The molecule has 1 aromatic carbocycles. The van der Waals surface area contributed by atoms with Crippen molar-refractivity contribution in [1.29, 1.82) is 0 Å². The van der Waals surface area contributed by atoms with Crippen molar-refractivity contribution in [2.45, 2.75) is 13.0 Å². The molecule has 0 saturated heterocycles. The second kappa shape index (κ2) is 5.69. The van der Waals surface area contributed by atoms with Gasteiger partial charge in [-0.25, -0.2) is 4.98 Å². The van der Waals surface area contributed by atoms with Gasteiger partial charge in [-0.15, -0.1) is 6.42 Å². The summed E-state index contributed by atoms with van der Waals surface area (Å²) in [6.07, 6.45) is 9.69. The van der Waals surface area contributed by atoms with Crippen molar-refractivity contribution < 1.29 is 9.47 Å². The van der Waals surface area contributed by atoms with E-state index < -0.39 is 0 Å². The van der Waals surface area contributed by atoms with Gasteiger partial charge < -0.3 is 9.47 Å². The Morgan fingerprint density at radius 2 is 1.89 bits per heavy atom. The Morgan fingerprint density at radius 1 is 1.17 bits per heavy atom. The molecular weight excluding hydrogens is 228 g/mol. The van der Waals surface area contributed by atoms with E-state index in [-0.39, 0.29) is 6.10 Å². The van der Waals surface area contributed by atoms with Crippen molar-refractivity contribution in [2.75, 3.05) is 0 Å². The lowest BCUT2D eigenvalue weighted by molar-refractivity contribution is 0.278. The zero-order valence-corrected chi connectivity index (χ0v) is 9.91. The van der Waals surface area contributed by atoms with Crippen LogP contribution >= 0.6 is 0 Å². The molecule has 1 atom stereocenters. The van der Waals surface area contributed by atoms with Crippen molar-refractivity contribution in [3.8, 4) is 29.7 Å². The number of hydrogen-bond acceptors (Lipinski definition) is 4. The maximum absolute atomic E-state index is 5.50. The minimum atomic E-state index is -0.253. The second-order valence-corrected chi connectivity index (χ2v) is 3.54. The van der Waals surface area contributed by atoms with Gasteiger partial charge in [0.2, 0.25) is 5.88 Å². The van der Waals surface area contributed by atoms with E-state index in [2.05, 4.69) is 15.9 Å². The zero-order chi connectivity index (χ0) is 12.8. The summed E-state index contributed by atoms with van der Waals surface area (Å²) < 4.78 is 10.9. The molecule has 0 aliphatic rings. The molecule has 4 nitrogen and oxygen atoms in total. The van der Waals surface area contributed by atoms with Gasteiger partial charge in [0.25, 0.3) is 0 Å². The van der Waals surface area contributed by atoms with E-state index in [1.165, 1.54) is 0 Å². The predicted octanol–water partition coefficient (Wildman–Crippen LogP) is 2.67. The molecule has 18 heavy (non-hydrogen) atoms. The maximum atomic E-state index is 5.50. The normalized spacial score (nSPS) is 11.3. The van der Waals surface area contributed by atoms with Gasteiger partial charge in [-0.05, 0) is 31.2 Å². The second-order valence-electron chi connectivity index (χ2n) is 3.54. The summed E-state index contributed by atoms with van der Waals surface area (Å²) in [5, 5.41) is 0. The molecule has 4 heteroatoms. The quantitative estimate of drug-likeness (QED) is 0.771. The number of hydrogen-bond donors (Lipinski definition) is 0. The summed E-state index contributed by atoms with van der Waals surface area (Å²) >= 11 is 0. The summed E-state index contributed by atoms with van der Waals surface area (Å²) in [6.45, 7) is 1.81. The van der Waals surface area contributed by atoms with Gasteiger partial charge in [-0.2, -0.15) is 0 Å². The number of ether oxygens (including phenoxy) is 2. The van der Waals surface area contributed by atoms with Crippen molar-refractivity contribution in [2.24, 2.45) is 0 Å². The molecule has 0 spiro atoms. The summed E-state index contributed by atoms with van der Waals surface area (Å²) in [5.74, 6) is 4.31. The summed E-state index contributed by atoms with van der Waals surface area (Å²) in [7, 11) is 0. The Bertz CT molecular complexity index is 532. The van der Waals surface area contributed by atoms with E-state index in [9.17, 15) is 0 Å². The van der Waals surface area contributed by atoms with Crippen LogP contribution in [0.15, 0.2) is 42.9 Å². The smallest absolute Gasteiger partial charge is 0.237 e. The first-order valence-electron chi connectivity index (χ1n) is 5.44. The SMILES string of the molecule is C#CC(C)Oc1ccc(Oc2cnccn2)cc1. The fourth-order valence-electron chi connectivity index (χ4n) is 1.28. The Kier molecular flexibility index (Phi) is 3.77. The van der Waals surface area contributed by atoms with Crippen molar-refractivity contribution in [3.63, 3.8) is 0 Å². The average Bonchev–Trinajstić information content (AvgIpc) is 2.42. The molecule has 1 heterocycles. The lowest BCUT2D eigenvalue weighted by Crippen LogP contribution is -2.07. The Labute approximate surface area is 106 Å². The van der Waals surface area contributed by atoms with Crippen molar-refractivity contribution in [1.82, 2.24) is 9.97 Å². The molecule has 2 aromatic rings. The first kappa shape index (κ1) is 11.9. The highest BCUT2D eigenvalue weighted by molar-refractivity contribution is 5.33. The number of nitrogens with zero attached hydrogens (tertiary/aromatic N) is 2. The predicted molar refractivity (Wildman–Crippen MR) is 67.5 cm³/mol. The van der Waals surface area contributed by atoms with Crippen molar-refractivity contribution >= 4 is 0 Å². The van der Waals surface area contributed by atoms with Crippen LogP contribution in [0.5, 0.6) is 17.4 Å². The summed E-state index contributed by atoms with van der Waals surface area (Å²) in [5.41, 5.74) is 0. The van der Waals surface area contributed by atoms with Gasteiger partial charge >= 0.3 is 0 Å². The Morgan fingerprint density at radius 3 is 2.50 bits per heavy atom. The van der Waals surface area contributed by atoms with Crippen LogP contribution in [0.1, 0.15) is 6.92 Å². The van der Waals surface area contributed by atoms with Gasteiger partial charge in [0, 0.05) is 12.4 Å². The van der Waals surface area contributed by atoms with Crippen LogP contribution in [0, 0.1) is 12.3 Å².